The first-order valence-electron chi connectivity index (χ1n) is 6.64. The maximum Gasteiger partial charge on any atom is 0.335 e. The van der Waals surface area contributed by atoms with Crippen molar-refractivity contribution < 1.29 is 18.3 Å². The van der Waals surface area contributed by atoms with Crippen molar-refractivity contribution in [1.29, 1.82) is 0 Å². The molecule has 0 radical (unpaired) electrons. The fourth-order valence-electron chi connectivity index (χ4n) is 1.84. The van der Waals surface area contributed by atoms with Gasteiger partial charge in [-0.3, -0.25) is 0 Å². The number of hydrogen-bond acceptors (Lipinski definition) is 4. The molecule has 118 valence electrons. The first-order chi connectivity index (χ1) is 9.63. The number of benzene rings is 1. The van der Waals surface area contributed by atoms with E-state index in [9.17, 15) is 13.2 Å². The molecule has 7 heteroatoms. The molecule has 1 aromatic carbocycles. The molecular formula is C14H22N2O4S. The summed E-state index contributed by atoms with van der Waals surface area (Å²) in [5.74, 6) is -1.13. The molecule has 1 rings (SSSR count). The van der Waals surface area contributed by atoms with Crippen molar-refractivity contribution in [3.63, 3.8) is 0 Å². The van der Waals surface area contributed by atoms with Gasteiger partial charge in [0, 0.05) is 6.04 Å². The summed E-state index contributed by atoms with van der Waals surface area (Å²) in [7, 11) is 0.122. The van der Waals surface area contributed by atoms with Gasteiger partial charge in [0.25, 0.3) is 0 Å². The van der Waals surface area contributed by atoms with Crippen LogP contribution in [0, 0.1) is 6.92 Å². The molecular weight excluding hydrogens is 292 g/mol. The molecule has 0 heterocycles. The minimum atomic E-state index is -3.71. The molecule has 0 aliphatic carbocycles. The number of sulfonamides is 1. The summed E-state index contributed by atoms with van der Waals surface area (Å²) in [6.45, 7) is 4.18. The van der Waals surface area contributed by atoms with Crippen LogP contribution in [0.15, 0.2) is 23.1 Å². The van der Waals surface area contributed by atoms with Gasteiger partial charge in [-0.2, -0.15) is 0 Å². The molecule has 21 heavy (non-hydrogen) atoms. The summed E-state index contributed by atoms with van der Waals surface area (Å²) in [5.41, 5.74) is 0.529. The highest BCUT2D eigenvalue weighted by molar-refractivity contribution is 7.89. The number of nitrogens with zero attached hydrogens (tertiary/aromatic N) is 1. The maximum atomic E-state index is 12.3. The Morgan fingerprint density at radius 2 is 2.00 bits per heavy atom. The second kappa shape index (κ2) is 7.02. The van der Waals surface area contributed by atoms with E-state index in [1.54, 1.807) is 13.8 Å². The van der Waals surface area contributed by atoms with Crippen LogP contribution in [0.5, 0.6) is 0 Å². The lowest BCUT2D eigenvalue weighted by Crippen LogP contribution is -2.34. The normalized spacial score (nSPS) is 13.4. The van der Waals surface area contributed by atoms with Gasteiger partial charge >= 0.3 is 5.97 Å². The molecule has 0 fully saturated rings. The third-order valence-electron chi connectivity index (χ3n) is 3.12. The zero-order valence-electron chi connectivity index (χ0n) is 12.8. The summed E-state index contributed by atoms with van der Waals surface area (Å²) < 4.78 is 27.1. The van der Waals surface area contributed by atoms with Crippen LogP contribution < -0.4 is 4.72 Å². The first-order valence-corrected chi connectivity index (χ1v) is 8.13. The standard InChI is InChI=1S/C14H22N2O4S/c1-10-5-6-12(9-13(10)14(17)18)21(19,20)15-11(2)7-8-16(3)4/h5-6,9,11,15H,7-8H2,1-4H3,(H,17,18). The van der Waals surface area contributed by atoms with Gasteiger partial charge in [-0.25, -0.2) is 17.9 Å². The number of carbonyl (C=O) groups is 1. The average Bonchev–Trinajstić information content (AvgIpc) is 2.35. The van der Waals surface area contributed by atoms with Crippen molar-refractivity contribution in [3.05, 3.63) is 29.3 Å². The molecule has 0 spiro atoms. The quantitative estimate of drug-likeness (QED) is 0.792. The smallest absolute Gasteiger partial charge is 0.335 e. The second-order valence-electron chi connectivity index (χ2n) is 5.40. The maximum absolute atomic E-state index is 12.3. The molecule has 0 bridgehead atoms. The van der Waals surface area contributed by atoms with Gasteiger partial charge in [0.15, 0.2) is 0 Å². The molecule has 1 aromatic rings. The van der Waals surface area contributed by atoms with E-state index in [1.165, 1.54) is 18.2 Å². The van der Waals surface area contributed by atoms with Crippen molar-refractivity contribution in [1.82, 2.24) is 9.62 Å². The molecule has 1 atom stereocenters. The Bertz CT molecular complexity index is 611. The van der Waals surface area contributed by atoms with E-state index in [0.29, 0.717) is 12.0 Å². The topological polar surface area (TPSA) is 86.7 Å². The monoisotopic (exact) mass is 314 g/mol. The Balaban J connectivity index is 2.93. The van der Waals surface area contributed by atoms with Gasteiger partial charge in [-0.15, -0.1) is 0 Å². The Labute approximate surface area is 125 Å². The minimum Gasteiger partial charge on any atom is -0.478 e. The van der Waals surface area contributed by atoms with E-state index in [2.05, 4.69) is 4.72 Å². The Morgan fingerprint density at radius 3 is 2.52 bits per heavy atom. The number of aryl methyl sites for hydroxylation is 1. The average molecular weight is 314 g/mol. The van der Waals surface area contributed by atoms with Gasteiger partial charge in [-0.1, -0.05) is 6.07 Å². The highest BCUT2D eigenvalue weighted by atomic mass is 32.2. The lowest BCUT2D eigenvalue weighted by molar-refractivity contribution is 0.0696. The minimum absolute atomic E-state index is 0.00109. The Hall–Kier alpha value is -1.44. The number of carboxylic acid groups (broad SMARTS) is 1. The zero-order chi connectivity index (χ0) is 16.2. The molecule has 0 amide bonds. The summed E-state index contributed by atoms with van der Waals surface area (Å²) >= 11 is 0. The molecule has 6 nitrogen and oxygen atoms in total. The van der Waals surface area contributed by atoms with E-state index in [4.69, 9.17) is 5.11 Å². The lowest BCUT2D eigenvalue weighted by Gasteiger charge is -2.17. The summed E-state index contributed by atoms with van der Waals surface area (Å²) in [4.78, 5) is 13.0. The van der Waals surface area contributed by atoms with Crippen LogP contribution in [0.3, 0.4) is 0 Å². The molecule has 0 aliphatic rings. The SMILES string of the molecule is Cc1ccc(S(=O)(=O)NC(C)CCN(C)C)cc1C(=O)O. The van der Waals surface area contributed by atoms with Gasteiger partial charge < -0.3 is 10.0 Å². The molecule has 2 N–H and O–H groups in total. The van der Waals surface area contributed by atoms with Crippen LogP contribution in [-0.4, -0.2) is 51.1 Å². The van der Waals surface area contributed by atoms with Gasteiger partial charge in [0.05, 0.1) is 10.5 Å². The number of nitrogens with one attached hydrogen (secondary N) is 1. The molecule has 0 aromatic heterocycles. The van der Waals surface area contributed by atoms with E-state index in [-0.39, 0.29) is 16.5 Å². The number of rotatable bonds is 7. The molecule has 1 unspecified atom stereocenters. The Kier molecular flexibility index (Phi) is 5.88. The van der Waals surface area contributed by atoms with Crippen molar-refractivity contribution in [2.24, 2.45) is 0 Å². The predicted molar refractivity (Wildman–Crippen MR) is 81.1 cm³/mol. The van der Waals surface area contributed by atoms with Crippen molar-refractivity contribution in [3.8, 4) is 0 Å². The highest BCUT2D eigenvalue weighted by Crippen LogP contribution is 2.16. The fraction of sp³-hybridized carbons (Fsp3) is 0.500. The summed E-state index contributed by atoms with van der Waals surface area (Å²) in [5, 5.41) is 9.06. The van der Waals surface area contributed by atoms with Crippen LogP contribution >= 0.6 is 0 Å². The lowest BCUT2D eigenvalue weighted by atomic mass is 10.1. The third kappa shape index (κ3) is 5.11. The summed E-state index contributed by atoms with van der Waals surface area (Å²) in [6, 6.07) is 3.89. The zero-order valence-corrected chi connectivity index (χ0v) is 13.6. The fourth-order valence-corrected chi connectivity index (χ4v) is 3.15. The Morgan fingerprint density at radius 1 is 1.38 bits per heavy atom. The van der Waals surface area contributed by atoms with Gasteiger partial charge in [0.1, 0.15) is 0 Å². The second-order valence-corrected chi connectivity index (χ2v) is 7.11. The predicted octanol–water partition coefficient (Wildman–Crippen LogP) is 1.31. The van der Waals surface area contributed by atoms with Gasteiger partial charge in [-0.05, 0) is 58.6 Å². The van der Waals surface area contributed by atoms with Gasteiger partial charge in [0.2, 0.25) is 10.0 Å². The number of carboxylic acids is 1. The van der Waals surface area contributed by atoms with Crippen LogP contribution in [-0.2, 0) is 10.0 Å². The van der Waals surface area contributed by atoms with E-state index in [1.807, 2.05) is 19.0 Å². The number of hydrogen-bond donors (Lipinski definition) is 2. The first kappa shape index (κ1) is 17.6. The largest absolute Gasteiger partial charge is 0.478 e. The van der Waals surface area contributed by atoms with E-state index >= 15 is 0 Å². The van der Waals surface area contributed by atoms with Crippen LogP contribution in [0.1, 0.15) is 29.3 Å². The van der Waals surface area contributed by atoms with Crippen molar-refractivity contribution >= 4 is 16.0 Å². The third-order valence-corrected chi connectivity index (χ3v) is 4.70. The van der Waals surface area contributed by atoms with Crippen LogP contribution in [0.25, 0.3) is 0 Å². The highest BCUT2D eigenvalue weighted by Gasteiger charge is 2.19. The molecule has 0 saturated carbocycles. The summed E-state index contributed by atoms with van der Waals surface area (Å²) in [6.07, 6.45) is 0.671. The van der Waals surface area contributed by atoms with Crippen molar-refractivity contribution in [2.45, 2.75) is 31.2 Å². The number of aromatic carboxylic acids is 1. The van der Waals surface area contributed by atoms with E-state index in [0.717, 1.165) is 6.54 Å². The van der Waals surface area contributed by atoms with E-state index < -0.39 is 16.0 Å². The van der Waals surface area contributed by atoms with Crippen LogP contribution in [0.2, 0.25) is 0 Å². The van der Waals surface area contributed by atoms with Crippen LogP contribution in [0.4, 0.5) is 0 Å². The molecule has 0 aliphatic heterocycles. The molecule has 0 saturated heterocycles. The van der Waals surface area contributed by atoms with Crippen molar-refractivity contribution in [2.75, 3.05) is 20.6 Å².